The number of aryl methyl sites for hydroxylation is 1. The summed E-state index contributed by atoms with van der Waals surface area (Å²) >= 11 is 0. The molecule has 3 N–H and O–H groups in total. The van der Waals surface area contributed by atoms with E-state index >= 15 is 0 Å². The molecule has 15 heavy (non-hydrogen) atoms. The molecule has 0 radical (unpaired) electrons. The lowest BCUT2D eigenvalue weighted by molar-refractivity contribution is 0.961. The summed E-state index contributed by atoms with van der Waals surface area (Å²) in [6.45, 7) is 1.75. The monoisotopic (exact) mass is 208 g/mol. The van der Waals surface area contributed by atoms with Crippen LogP contribution in [0.25, 0.3) is 11.2 Å². The third kappa shape index (κ3) is 1.47. The Hall–Kier alpha value is -2.18. The van der Waals surface area contributed by atoms with Gasteiger partial charge in [-0.25, -0.2) is 9.78 Å². The number of aromatic amines is 3. The summed E-state index contributed by atoms with van der Waals surface area (Å²) in [5.41, 5.74) is -1.34. The topological polar surface area (TPSA) is 111 Å². The van der Waals surface area contributed by atoms with Crippen molar-refractivity contribution in [3.05, 3.63) is 36.9 Å². The van der Waals surface area contributed by atoms with E-state index in [1.165, 1.54) is 0 Å². The zero-order chi connectivity index (χ0) is 11.0. The van der Waals surface area contributed by atoms with Crippen molar-refractivity contribution in [2.24, 2.45) is 0 Å². The van der Waals surface area contributed by atoms with Crippen LogP contribution in [0, 0.1) is 0 Å². The number of hydrogen-bond donors (Lipinski definition) is 3. The predicted molar refractivity (Wildman–Crippen MR) is 53.0 cm³/mol. The SMILES string of the molecule is CCc1nc2c(=O)[nH]c(=O)[nH]c2[nH]c1=O. The largest absolute Gasteiger partial charge is 0.327 e. The highest BCUT2D eigenvalue weighted by molar-refractivity contribution is 5.67. The maximum absolute atomic E-state index is 11.3. The van der Waals surface area contributed by atoms with Crippen LogP contribution in [-0.2, 0) is 6.42 Å². The number of hydrogen-bond acceptors (Lipinski definition) is 4. The van der Waals surface area contributed by atoms with E-state index in [4.69, 9.17) is 0 Å². The smallest absolute Gasteiger partial charge is 0.305 e. The molecule has 78 valence electrons. The van der Waals surface area contributed by atoms with Crippen LogP contribution in [0.2, 0.25) is 0 Å². The van der Waals surface area contributed by atoms with Gasteiger partial charge in [0.1, 0.15) is 11.3 Å². The van der Waals surface area contributed by atoms with E-state index in [0.717, 1.165) is 0 Å². The minimum Gasteiger partial charge on any atom is -0.305 e. The van der Waals surface area contributed by atoms with E-state index in [-0.39, 0.29) is 16.9 Å². The van der Waals surface area contributed by atoms with Crippen LogP contribution >= 0.6 is 0 Å². The van der Waals surface area contributed by atoms with Crippen molar-refractivity contribution < 1.29 is 0 Å². The van der Waals surface area contributed by atoms with Gasteiger partial charge in [0.25, 0.3) is 11.1 Å². The fourth-order valence-corrected chi connectivity index (χ4v) is 1.29. The molecular formula is C8H8N4O3. The number of fused-ring (bicyclic) bond motifs is 1. The molecule has 7 heteroatoms. The molecule has 0 aliphatic heterocycles. The summed E-state index contributed by atoms with van der Waals surface area (Å²) in [4.78, 5) is 44.2. The molecule has 0 aliphatic rings. The zero-order valence-electron chi connectivity index (χ0n) is 7.88. The minimum atomic E-state index is -0.672. The van der Waals surface area contributed by atoms with E-state index in [1.54, 1.807) is 6.92 Å². The van der Waals surface area contributed by atoms with Gasteiger partial charge >= 0.3 is 5.69 Å². The van der Waals surface area contributed by atoms with Crippen LogP contribution in [0.15, 0.2) is 14.4 Å². The maximum Gasteiger partial charge on any atom is 0.327 e. The number of H-pyrrole nitrogens is 3. The second kappa shape index (κ2) is 3.19. The molecule has 0 saturated heterocycles. The molecule has 2 heterocycles. The third-order valence-electron chi connectivity index (χ3n) is 2.00. The summed E-state index contributed by atoms with van der Waals surface area (Å²) in [5.74, 6) is 0. The van der Waals surface area contributed by atoms with Gasteiger partial charge in [-0.1, -0.05) is 6.92 Å². The Morgan fingerprint density at radius 3 is 2.47 bits per heavy atom. The van der Waals surface area contributed by atoms with E-state index < -0.39 is 16.8 Å². The Balaban J connectivity index is 3.00. The molecule has 0 atom stereocenters. The van der Waals surface area contributed by atoms with E-state index in [9.17, 15) is 14.4 Å². The van der Waals surface area contributed by atoms with Crippen LogP contribution < -0.4 is 16.8 Å². The van der Waals surface area contributed by atoms with E-state index in [2.05, 4.69) is 15.0 Å². The van der Waals surface area contributed by atoms with Crippen molar-refractivity contribution in [3.8, 4) is 0 Å². The molecule has 0 bridgehead atoms. The summed E-state index contributed by atoms with van der Waals surface area (Å²) in [5, 5.41) is 0. The molecule has 2 rings (SSSR count). The maximum atomic E-state index is 11.3. The van der Waals surface area contributed by atoms with Gasteiger partial charge in [-0.15, -0.1) is 0 Å². The lowest BCUT2D eigenvalue weighted by atomic mass is 10.3. The Morgan fingerprint density at radius 1 is 1.07 bits per heavy atom. The standard InChI is InChI=1S/C8H8N4O3/c1-2-3-6(13)10-5-4(9-3)7(14)12-8(15)11-5/h2H2,1H3,(H3,10,11,12,13,14,15). The van der Waals surface area contributed by atoms with Crippen molar-refractivity contribution in [2.75, 3.05) is 0 Å². The van der Waals surface area contributed by atoms with E-state index in [0.29, 0.717) is 6.42 Å². The molecule has 2 aromatic heterocycles. The Labute approximate surface area is 82.2 Å². The summed E-state index contributed by atoms with van der Waals surface area (Å²) in [7, 11) is 0. The summed E-state index contributed by atoms with van der Waals surface area (Å²) < 4.78 is 0. The zero-order valence-corrected chi connectivity index (χ0v) is 7.88. The molecule has 0 saturated carbocycles. The van der Waals surface area contributed by atoms with Crippen LogP contribution in [0.3, 0.4) is 0 Å². The molecular weight excluding hydrogens is 200 g/mol. The lowest BCUT2D eigenvalue weighted by Crippen LogP contribution is -2.26. The van der Waals surface area contributed by atoms with Crippen molar-refractivity contribution in [1.82, 2.24) is 19.9 Å². The van der Waals surface area contributed by atoms with Crippen LogP contribution in [0.1, 0.15) is 12.6 Å². The van der Waals surface area contributed by atoms with Gasteiger partial charge in [-0.2, -0.15) is 0 Å². The van der Waals surface area contributed by atoms with Crippen molar-refractivity contribution in [3.63, 3.8) is 0 Å². The van der Waals surface area contributed by atoms with Gasteiger partial charge in [0.05, 0.1) is 0 Å². The molecule has 0 fully saturated rings. The van der Waals surface area contributed by atoms with Gasteiger partial charge in [0, 0.05) is 0 Å². The normalized spacial score (nSPS) is 10.7. The highest BCUT2D eigenvalue weighted by Gasteiger charge is 2.06. The Bertz CT molecular complexity index is 679. The van der Waals surface area contributed by atoms with Gasteiger partial charge in [0.15, 0.2) is 5.52 Å². The van der Waals surface area contributed by atoms with Gasteiger partial charge < -0.3 is 4.98 Å². The number of nitrogens with one attached hydrogen (secondary N) is 3. The fraction of sp³-hybridized carbons (Fsp3) is 0.250. The third-order valence-corrected chi connectivity index (χ3v) is 2.00. The first kappa shape index (κ1) is 9.38. The van der Waals surface area contributed by atoms with Crippen LogP contribution in [-0.4, -0.2) is 19.9 Å². The molecule has 0 aromatic carbocycles. The predicted octanol–water partition coefficient (Wildman–Crippen LogP) is -1.14. The molecule has 7 nitrogen and oxygen atoms in total. The number of aromatic nitrogens is 4. The number of rotatable bonds is 1. The Morgan fingerprint density at radius 2 is 1.80 bits per heavy atom. The average Bonchev–Trinajstić information content (AvgIpc) is 2.16. The average molecular weight is 208 g/mol. The fourth-order valence-electron chi connectivity index (χ4n) is 1.29. The molecule has 2 aromatic rings. The minimum absolute atomic E-state index is 0.0334. The van der Waals surface area contributed by atoms with Gasteiger partial charge in [-0.05, 0) is 6.42 Å². The van der Waals surface area contributed by atoms with Crippen LogP contribution in [0.5, 0.6) is 0 Å². The van der Waals surface area contributed by atoms with Crippen molar-refractivity contribution >= 4 is 11.2 Å². The highest BCUT2D eigenvalue weighted by atomic mass is 16.2. The first-order chi connectivity index (χ1) is 7.11. The first-order valence-corrected chi connectivity index (χ1v) is 4.37. The molecule has 0 amide bonds. The highest BCUT2D eigenvalue weighted by Crippen LogP contribution is 1.94. The van der Waals surface area contributed by atoms with Crippen molar-refractivity contribution in [2.45, 2.75) is 13.3 Å². The molecule has 0 aliphatic carbocycles. The molecule has 0 spiro atoms. The summed E-state index contributed by atoms with van der Waals surface area (Å²) in [6, 6.07) is 0. The molecule has 0 unspecified atom stereocenters. The second-order valence-electron chi connectivity index (χ2n) is 3.00. The lowest BCUT2D eigenvalue weighted by Gasteiger charge is -1.97. The number of nitrogens with zero attached hydrogens (tertiary/aromatic N) is 1. The van der Waals surface area contributed by atoms with Crippen LogP contribution in [0.4, 0.5) is 0 Å². The Kier molecular flexibility index (Phi) is 2.00. The first-order valence-electron chi connectivity index (χ1n) is 4.37. The second-order valence-corrected chi connectivity index (χ2v) is 3.00. The van der Waals surface area contributed by atoms with Crippen molar-refractivity contribution in [1.29, 1.82) is 0 Å². The van der Waals surface area contributed by atoms with E-state index in [1.807, 2.05) is 4.98 Å². The quantitative estimate of drug-likeness (QED) is 0.550. The van der Waals surface area contributed by atoms with Gasteiger partial charge in [0.2, 0.25) is 0 Å². The summed E-state index contributed by atoms with van der Waals surface area (Å²) in [6.07, 6.45) is 0.420. The van der Waals surface area contributed by atoms with Gasteiger partial charge in [-0.3, -0.25) is 19.6 Å².